The third-order valence-corrected chi connectivity index (χ3v) is 4.62. The average molecular weight is 324 g/mol. The number of hydrogen-bond donors (Lipinski definition) is 1. The molecule has 0 aliphatic carbocycles. The predicted octanol–water partition coefficient (Wildman–Crippen LogP) is 1.87. The van der Waals surface area contributed by atoms with Crippen molar-refractivity contribution in [1.29, 1.82) is 0 Å². The van der Waals surface area contributed by atoms with Crippen molar-refractivity contribution in [2.45, 2.75) is 32.2 Å². The molecule has 0 bridgehead atoms. The van der Waals surface area contributed by atoms with Crippen molar-refractivity contribution in [3.05, 3.63) is 41.7 Å². The summed E-state index contributed by atoms with van der Waals surface area (Å²) in [6.07, 6.45) is 2.07. The van der Waals surface area contributed by atoms with Crippen LogP contribution in [0.3, 0.4) is 0 Å². The Bertz CT molecular complexity index is 867. The minimum absolute atomic E-state index is 0.0858. The fourth-order valence-electron chi connectivity index (χ4n) is 3.36. The Hall–Kier alpha value is -2.70. The van der Waals surface area contributed by atoms with Crippen molar-refractivity contribution < 1.29 is 4.79 Å². The zero-order valence-corrected chi connectivity index (χ0v) is 13.6. The van der Waals surface area contributed by atoms with Crippen LogP contribution >= 0.6 is 0 Å². The first-order valence-corrected chi connectivity index (χ1v) is 8.28. The van der Waals surface area contributed by atoms with Gasteiger partial charge in [0, 0.05) is 24.7 Å². The first-order chi connectivity index (χ1) is 11.7. The molecule has 0 spiro atoms. The van der Waals surface area contributed by atoms with Crippen LogP contribution in [-0.4, -0.2) is 49.1 Å². The third kappa shape index (κ3) is 2.77. The monoisotopic (exact) mass is 324 g/mol. The zero-order valence-electron chi connectivity index (χ0n) is 13.6. The van der Waals surface area contributed by atoms with Crippen LogP contribution in [0.4, 0.5) is 0 Å². The van der Waals surface area contributed by atoms with Crippen LogP contribution in [0.15, 0.2) is 30.3 Å². The third-order valence-electron chi connectivity index (χ3n) is 4.62. The van der Waals surface area contributed by atoms with E-state index in [9.17, 15) is 4.79 Å². The largest absolute Gasteiger partial charge is 0.340 e. The fourth-order valence-corrected chi connectivity index (χ4v) is 3.36. The zero-order chi connectivity index (χ0) is 16.5. The molecular formula is C17H20N6O. The van der Waals surface area contributed by atoms with Crippen LogP contribution in [-0.2, 0) is 11.3 Å². The molecular weight excluding hydrogens is 304 g/mol. The van der Waals surface area contributed by atoms with Crippen LogP contribution in [0, 0.1) is 6.92 Å². The summed E-state index contributed by atoms with van der Waals surface area (Å²) >= 11 is 0. The molecule has 3 aromatic rings. The summed E-state index contributed by atoms with van der Waals surface area (Å²) in [5.41, 5.74) is 3.81. The Balaban J connectivity index is 1.48. The van der Waals surface area contributed by atoms with E-state index in [0.29, 0.717) is 5.92 Å². The van der Waals surface area contributed by atoms with Crippen molar-refractivity contribution in [1.82, 2.24) is 30.1 Å². The number of carbonyl (C=O) groups excluding carboxylic acids is 1. The van der Waals surface area contributed by atoms with Crippen molar-refractivity contribution >= 4 is 16.9 Å². The summed E-state index contributed by atoms with van der Waals surface area (Å²) in [6, 6.07) is 9.77. The Morgan fingerprint density at radius 2 is 2.25 bits per heavy atom. The fraction of sp³-hybridized carbons (Fsp3) is 0.412. The molecule has 7 nitrogen and oxygen atoms in total. The number of carbonyl (C=O) groups is 1. The van der Waals surface area contributed by atoms with Crippen LogP contribution in [0.25, 0.3) is 11.0 Å². The minimum Gasteiger partial charge on any atom is -0.340 e. The molecule has 3 heterocycles. The first-order valence-electron chi connectivity index (χ1n) is 8.28. The smallest absolute Gasteiger partial charge is 0.244 e. The maximum atomic E-state index is 12.7. The maximum Gasteiger partial charge on any atom is 0.244 e. The van der Waals surface area contributed by atoms with Gasteiger partial charge in [-0.2, -0.15) is 5.10 Å². The van der Waals surface area contributed by atoms with Gasteiger partial charge in [0.15, 0.2) is 0 Å². The highest BCUT2D eigenvalue weighted by Gasteiger charge is 2.26. The lowest BCUT2D eigenvalue weighted by molar-refractivity contribution is -0.133. The number of benzene rings is 1. The average Bonchev–Trinajstić information content (AvgIpc) is 3.22. The second-order valence-electron chi connectivity index (χ2n) is 6.39. The molecule has 1 fully saturated rings. The molecule has 0 saturated carbocycles. The van der Waals surface area contributed by atoms with E-state index in [-0.39, 0.29) is 12.5 Å². The number of likely N-dealkylation sites (tertiary alicyclic amines) is 1. The van der Waals surface area contributed by atoms with Gasteiger partial charge in [0.05, 0.1) is 11.2 Å². The molecule has 1 amide bonds. The summed E-state index contributed by atoms with van der Waals surface area (Å²) in [6.45, 7) is 3.74. The van der Waals surface area contributed by atoms with E-state index in [4.69, 9.17) is 0 Å². The Labute approximate surface area is 139 Å². The van der Waals surface area contributed by atoms with E-state index in [1.807, 2.05) is 36.1 Å². The number of para-hydroxylation sites is 1. The van der Waals surface area contributed by atoms with Crippen molar-refractivity contribution in [3.63, 3.8) is 0 Å². The van der Waals surface area contributed by atoms with E-state index >= 15 is 0 Å². The first kappa shape index (κ1) is 14.9. The number of aromatic amines is 1. The number of piperidine rings is 1. The molecule has 1 unspecified atom stereocenters. The second kappa shape index (κ2) is 6.07. The molecule has 1 aromatic carbocycles. The van der Waals surface area contributed by atoms with E-state index in [2.05, 4.69) is 26.6 Å². The molecule has 1 saturated heterocycles. The number of nitrogens with zero attached hydrogens (tertiary/aromatic N) is 5. The molecule has 0 radical (unpaired) electrons. The number of amides is 1. The summed E-state index contributed by atoms with van der Waals surface area (Å²) < 4.78 is 1.68. The van der Waals surface area contributed by atoms with Gasteiger partial charge in [0.1, 0.15) is 12.1 Å². The summed E-state index contributed by atoms with van der Waals surface area (Å²) in [5, 5.41) is 15.6. The molecule has 24 heavy (non-hydrogen) atoms. The Morgan fingerprint density at radius 1 is 1.38 bits per heavy atom. The molecule has 124 valence electrons. The van der Waals surface area contributed by atoms with E-state index in [1.165, 1.54) is 0 Å². The van der Waals surface area contributed by atoms with Crippen LogP contribution in [0.2, 0.25) is 0 Å². The lowest BCUT2D eigenvalue weighted by atomic mass is 9.94. The van der Waals surface area contributed by atoms with Crippen LogP contribution in [0.5, 0.6) is 0 Å². The van der Waals surface area contributed by atoms with Gasteiger partial charge < -0.3 is 4.90 Å². The SMILES string of the molecule is Cc1cc(C2CCCN(C(=O)Cn3nnc4ccccc43)C2)n[nH]1. The number of H-pyrrole nitrogens is 1. The van der Waals surface area contributed by atoms with Crippen molar-refractivity contribution in [2.24, 2.45) is 0 Å². The highest BCUT2D eigenvalue weighted by Crippen LogP contribution is 2.26. The molecule has 1 N–H and O–H groups in total. The second-order valence-corrected chi connectivity index (χ2v) is 6.39. The number of fused-ring (bicyclic) bond motifs is 1. The topological polar surface area (TPSA) is 79.7 Å². The van der Waals surface area contributed by atoms with Crippen LogP contribution in [0.1, 0.15) is 30.1 Å². The normalized spacial score (nSPS) is 18.2. The molecule has 1 atom stereocenters. The Morgan fingerprint density at radius 3 is 3.08 bits per heavy atom. The summed E-state index contributed by atoms with van der Waals surface area (Å²) in [5.74, 6) is 0.391. The quantitative estimate of drug-likeness (QED) is 0.797. The van der Waals surface area contributed by atoms with Crippen LogP contribution < -0.4 is 0 Å². The summed E-state index contributed by atoms with van der Waals surface area (Å²) in [7, 11) is 0. The van der Waals surface area contributed by atoms with Gasteiger partial charge in [-0.05, 0) is 38.0 Å². The van der Waals surface area contributed by atoms with E-state index in [0.717, 1.165) is 48.4 Å². The lowest BCUT2D eigenvalue weighted by Crippen LogP contribution is -2.41. The Kier molecular flexibility index (Phi) is 3.76. The van der Waals surface area contributed by atoms with E-state index in [1.54, 1.807) is 4.68 Å². The van der Waals surface area contributed by atoms with Crippen molar-refractivity contribution in [3.8, 4) is 0 Å². The molecule has 1 aliphatic rings. The van der Waals surface area contributed by atoms with Gasteiger partial charge in [-0.1, -0.05) is 17.3 Å². The van der Waals surface area contributed by atoms with Gasteiger partial charge >= 0.3 is 0 Å². The predicted molar refractivity (Wildman–Crippen MR) is 89.4 cm³/mol. The molecule has 1 aliphatic heterocycles. The number of aromatic nitrogens is 5. The van der Waals surface area contributed by atoms with Gasteiger partial charge in [0.2, 0.25) is 5.91 Å². The number of hydrogen-bond acceptors (Lipinski definition) is 4. The number of rotatable bonds is 3. The number of aryl methyl sites for hydroxylation is 1. The molecule has 2 aromatic heterocycles. The van der Waals surface area contributed by atoms with Gasteiger partial charge in [-0.25, -0.2) is 4.68 Å². The highest BCUT2D eigenvalue weighted by atomic mass is 16.2. The standard InChI is InChI=1S/C17H20N6O/c1-12-9-15(19-18-12)13-5-4-8-22(10-13)17(24)11-23-16-7-3-2-6-14(16)20-21-23/h2-3,6-7,9,13H,4-5,8,10-11H2,1H3,(H,18,19). The molecule has 7 heteroatoms. The highest BCUT2D eigenvalue weighted by molar-refractivity contribution is 5.80. The van der Waals surface area contributed by atoms with Gasteiger partial charge in [-0.3, -0.25) is 9.89 Å². The van der Waals surface area contributed by atoms with E-state index < -0.39 is 0 Å². The van der Waals surface area contributed by atoms with Gasteiger partial charge in [0.25, 0.3) is 0 Å². The van der Waals surface area contributed by atoms with Crippen molar-refractivity contribution in [2.75, 3.05) is 13.1 Å². The molecule has 4 rings (SSSR count). The number of nitrogens with one attached hydrogen (secondary N) is 1. The van der Waals surface area contributed by atoms with Gasteiger partial charge in [-0.15, -0.1) is 5.10 Å². The summed E-state index contributed by atoms with van der Waals surface area (Å²) in [4.78, 5) is 14.6. The minimum atomic E-state index is 0.0858. The maximum absolute atomic E-state index is 12.7. The lowest BCUT2D eigenvalue weighted by Gasteiger charge is -2.32.